The number of nitrogens with zero attached hydrogens (tertiary/aromatic N) is 2. The number of carbonyl (C=O) groups excluding carboxylic acids is 1. The van der Waals surface area contributed by atoms with Gasteiger partial charge in [0.2, 0.25) is 5.13 Å². The quantitative estimate of drug-likeness (QED) is 0.840. The minimum atomic E-state index is -0.205. The first kappa shape index (κ1) is 10.9. The lowest BCUT2D eigenvalue weighted by Crippen LogP contribution is -1.99. The average molecular weight is 256 g/mol. The minimum Gasteiger partial charge on any atom is -0.506 e. The van der Waals surface area contributed by atoms with Crippen LogP contribution in [0.15, 0.2) is 46.4 Å². The molecule has 0 atom stereocenters. The molecule has 1 heterocycles. The molecule has 1 aliphatic carbocycles. The summed E-state index contributed by atoms with van der Waals surface area (Å²) in [6.45, 7) is 0. The van der Waals surface area contributed by atoms with Crippen molar-refractivity contribution in [3.63, 3.8) is 0 Å². The molecule has 1 aromatic carbocycles. The number of aliphatic hydroxyl groups is 1. The van der Waals surface area contributed by atoms with Crippen LogP contribution in [0.4, 0.5) is 5.13 Å². The summed E-state index contributed by atoms with van der Waals surface area (Å²) >= 11 is 1.37. The van der Waals surface area contributed by atoms with Gasteiger partial charge in [-0.15, -0.1) is 11.3 Å². The summed E-state index contributed by atoms with van der Waals surface area (Å²) < 4.78 is 0. The average Bonchev–Trinajstić information content (AvgIpc) is 2.98. The van der Waals surface area contributed by atoms with Crippen LogP contribution >= 0.6 is 11.3 Å². The van der Waals surface area contributed by atoms with Gasteiger partial charge in [-0.05, 0) is 0 Å². The highest BCUT2D eigenvalue weighted by Gasteiger charge is 2.27. The Morgan fingerprint density at radius 1 is 1.28 bits per heavy atom. The number of thiazole rings is 1. The van der Waals surface area contributed by atoms with E-state index in [9.17, 15) is 9.90 Å². The van der Waals surface area contributed by atoms with E-state index in [1.165, 1.54) is 17.6 Å². The number of rotatable bonds is 2. The van der Waals surface area contributed by atoms with Crippen molar-refractivity contribution in [3.8, 4) is 0 Å². The monoisotopic (exact) mass is 256 g/mol. The number of hydrogen-bond acceptors (Lipinski definition) is 5. The summed E-state index contributed by atoms with van der Waals surface area (Å²) in [5.74, 6) is -0.223. The summed E-state index contributed by atoms with van der Waals surface area (Å²) in [4.78, 5) is 20.1. The Morgan fingerprint density at radius 2 is 2.06 bits per heavy atom. The first-order chi connectivity index (χ1) is 8.77. The van der Waals surface area contributed by atoms with E-state index >= 15 is 0 Å². The van der Waals surface area contributed by atoms with Crippen LogP contribution in [-0.2, 0) is 0 Å². The Bertz CT molecular complexity index is 672. The molecule has 0 bridgehead atoms. The normalized spacial score (nSPS) is 14.6. The van der Waals surface area contributed by atoms with Gasteiger partial charge in [-0.3, -0.25) is 4.79 Å². The van der Waals surface area contributed by atoms with Crippen LogP contribution in [0.1, 0.15) is 15.9 Å². The van der Waals surface area contributed by atoms with Crippen LogP contribution in [0.25, 0.3) is 5.76 Å². The molecule has 1 aliphatic rings. The number of Topliss-reactive ketones (excluding diaryl/α,β-unsaturated/α-hetero) is 1. The van der Waals surface area contributed by atoms with Gasteiger partial charge in [0.15, 0.2) is 5.78 Å². The Morgan fingerprint density at radius 3 is 2.72 bits per heavy atom. The number of carbonyl (C=O) groups is 1. The second-order valence-electron chi connectivity index (χ2n) is 3.71. The first-order valence-electron chi connectivity index (χ1n) is 5.28. The van der Waals surface area contributed by atoms with Gasteiger partial charge in [0.1, 0.15) is 5.76 Å². The number of aromatic nitrogens is 1. The molecule has 88 valence electrons. The van der Waals surface area contributed by atoms with Crippen molar-refractivity contribution in [3.05, 3.63) is 52.5 Å². The smallest absolute Gasteiger partial charge is 0.209 e. The molecule has 0 unspecified atom stereocenters. The zero-order chi connectivity index (χ0) is 12.5. The molecule has 0 amide bonds. The minimum absolute atomic E-state index is 0.0177. The lowest BCUT2D eigenvalue weighted by molar-refractivity contribution is 0.104. The van der Waals surface area contributed by atoms with E-state index in [4.69, 9.17) is 0 Å². The van der Waals surface area contributed by atoms with Gasteiger partial charge < -0.3 is 5.11 Å². The summed E-state index contributed by atoms with van der Waals surface area (Å²) in [5.41, 5.74) is 1.28. The highest BCUT2D eigenvalue weighted by Crippen LogP contribution is 2.30. The van der Waals surface area contributed by atoms with Crippen molar-refractivity contribution < 1.29 is 9.90 Å². The molecule has 1 N–H and O–H groups in total. The van der Waals surface area contributed by atoms with Crippen LogP contribution in [0.2, 0.25) is 0 Å². The molecular weight excluding hydrogens is 248 g/mol. The predicted molar refractivity (Wildman–Crippen MR) is 70.6 cm³/mol. The SMILES string of the molecule is O=C1C(/C=N/c2nccs2)=C(O)c2ccccc21. The fraction of sp³-hybridized carbons (Fsp3) is 0. The third kappa shape index (κ3) is 1.65. The van der Waals surface area contributed by atoms with Gasteiger partial charge in [0, 0.05) is 28.9 Å². The molecule has 0 spiro atoms. The van der Waals surface area contributed by atoms with E-state index in [1.54, 1.807) is 35.8 Å². The van der Waals surface area contributed by atoms with Crippen LogP contribution in [0.5, 0.6) is 0 Å². The lowest BCUT2D eigenvalue weighted by Gasteiger charge is -1.95. The second-order valence-corrected chi connectivity index (χ2v) is 4.58. The number of aliphatic hydroxyl groups excluding tert-OH is 1. The molecule has 18 heavy (non-hydrogen) atoms. The zero-order valence-electron chi connectivity index (χ0n) is 9.20. The molecule has 0 aliphatic heterocycles. The van der Waals surface area contributed by atoms with Crippen molar-refractivity contribution in [2.75, 3.05) is 0 Å². The Labute approximate surface area is 107 Å². The number of aliphatic imine (C=N–C) groups is 1. The van der Waals surface area contributed by atoms with E-state index < -0.39 is 0 Å². The van der Waals surface area contributed by atoms with E-state index in [-0.39, 0.29) is 17.1 Å². The zero-order valence-corrected chi connectivity index (χ0v) is 10.0. The second kappa shape index (κ2) is 4.19. The number of ketones is 1. The molecule has 1 aromatic heterocycles. The van der Waals surface area contributed by atoms with Crippen LogP contribution in [-0.4, -0.2) is 22.1 Å². The van der Waals surface area contributed by atoms with Gasteiger partial charge in [0.05, 0.1) is 5.57 Å². The maximum absolute atomic E-state index is 12.0. The van der Waals surface area contributed by atoms with Crippen molar-refractivity contribution in [2.45, 2.75) is 0 Å². The summed E-state index contributed by atoms with van der Waals surface area (Å²) in [7, 11) is 0. The molecule has 2 aromatic rings. The van der Waals surface area contributed by atoms with Gasteiger partial charge in [-0.1, -0.05) is 24.3 Å². The highest BCUT2D eigenvalue weighted by molar-refractivity contribution is 7.13. The fourth-order valence-electron chi connectivity index (χ4n) is 1.80. The van der Waals surface area contributed by atoms with E-state index in [0.717, 1.165) is 0 Å². The van der Waals surface area contributed by atoms with Gasteiger partial charge in [0.25, 0.3) is 0 Å². The molecule has 4 nitrogen and oxygen atoms in total. The highest BCUT2D eigenvalue weighted by atomic mass is 32.1. The van der Waals surface area contributed by atoms with Gasteiger partial charge in [-0.2, -0.15) is 0 Å². The van der Waals surface area contributed by atoms with Crippen molar-refractivity contribution in [1.29, 1.82) is 0 Å². The maximum atomic E-state index is 12.0. The van der Waals surface area contributed by atoms with Crippen molar-refractivity contribution >= 4 is 34.2 Å². The Balaban J connectivity index is 2.00. The molecule has 0 fully saturated rings. The van der Waals surface area contributed by atoms with E-state index in [1.807, 2.05) is 0 Å². The number of benzene rings is 1. The molecule has 3 rings (SSSR count). The van der Waals surface area contributed by atoms with Crippen LogP contribution in [0, 0.1) is 0 Å². The van der Waals surface area contributed by atoms with Crippen molar-refractivity contribution in [2.24, 2.45) is 4.99 Å². The van der Waals surface area contributed by atoms with E-state index in [2.05, 4.69) is 9.98 Å². The fourth-order valence-corrected chi connectivity index (χ4v) is 2.28. The maximum Gasteiger partial charge on any atom is 0.209 e. The number of allylic oxidation sites excluding steroid dienone is 1. The lowest BCUT2D eigenvalue weighted by atomic mass is 10.1. The summed E-state index contributed by atoms with van der Waals surface area (Å²) in [5, 5.41) is 12.3. The Hall–Kier alpha value is -2.27. The topological polar surface area (TPSA) is 62.5 Å². The molecule has 0 saturated carbocycles. The number of fused-ring (bicyclic) bond motifs is 1. The van der Waals surface area contributed by atoms with Gasteiger partial charge in [-0.25, -0.2) is 9.98 Å². The molecule has 0 radical (unpaired) electrons. The number of hydrogen-bond donors (Lipinski definition) is 1. The van der Waals surface area contributed by atoms with E-state index in [0.29, 0.717) is 16.3 Å². The van der Waals surface area contributed by atoms with Crippen molar-refractivity contribution in [1.82, 2.24) is 4.98 Å². The largest absolute Gasteiger partial charge is 0.506 e. The van der Waals surface area contributed by atoms with Crippen LogP contribution < -0.4 is 0 Å². The molecule has 0 saturated heterocycles. The molecule has 5 heteroatoms. The molecular formula is C13H8N2O2S. The summed E-state index contributed by atoms with van der Waals surface area (Å²) in [6, 6.07) is 6.96. The predicted octanol–water partition coefficient (Wildman–Crippen LogP) is 3.01. The summed E-state index contributed by atoms with van der Waals surface area (Å²) in [6.07, 6.45) is 3.01. The first-order valence-corrected chi connectivity index (χ1v) is 6.16. The van der Waals surface area contributed by atoms with Crippen LogP contribution in [0.3, 0.4) is 0 Å². The van der Waals surface area contributed by atoms with Gasteiger partial charge >= 0.3 is 0 Å². The third-order valence-electron chi connectivity index (χ3n) is 2.65. The Kier molecular flexibility index (Phi) is 2.53. The third-order valence-corrected chi connectivity index (χ3v) is 3.33. The standard InChI is InChI=1S/C13H8N2O2S/c16-11-8-3-1-2-4-9(8)12(17)10(11)7-15-13-14-5-6-18-13/h1-7,16H/b15-7+.